The Bertz CT molecular complexity index is 575. The molecule has 6 nitrogen and oxygen atoms in total. The van der Waals surface area contributed by atoms with Crippen LogP contribution in [0.1, 0.15) is 19.8 Å². The van der Waals surface area contributed by atoms with E-state index in [-0.39, 0.29) is 10.9 Å². The number of anilines is 1. The summed E-state index contributed by atoms with van der Waals surface area (Å²) in [7, 11) is -3.31. The summed E-state index contributed by atoms with van der Waals surface area (Å²) < 4.78 is 22.5. The molecule has 1 unspecified atom stereocenters. The smallest absolute Gasteiger partial charge is 0.244 e. The van der Waals surface area contributed by atoms with Crippen molar-refractivity contribution < 1.29 is 13.2 Å². The summed E-state index contributed by atoms with van der Waals surface area (Å²) in [6, 6.07) is 2.93. The predicted molar refractivity (Wildman–Crippen MR) is 71.6 cm³/mol. The number of amides is 1. The van der Waals surface area contributed by atoms with Gasteiger partial charge in [-0.25, -0.2) is 13.4 Å². The molecule has 104 valence electrons. The summed E-state index contributed by atoms with van der Waals surface area (Å²) in [4.78, 5) is 15.9. The van der Waals surface area contributed by atoms with Crippen molar-refractivity contribution in [2.75, 3.05) is 18.1 Å². The fraction of sp³-hybridized carbons (Fsp3) is 0.500. The van der Waals surface area contributed by atoms with Crippen LogP contribution in [0.15, 0.2) is 23.4 Å². The van der Waals surface area contributed by atoms with E-state index < -0.39 is 15.4 Å². The first-order chi connectivity index (χ1) is 8.81. The van der Waals surface area contributed by atoms with Crippen LogP contribution in [0, 0.1) is 0 Å². The Morgan fingerprint density at radius 2 is 2.21 bits per heavy atom. The van der Waals surface area contributed by atoms with E-state index in [1.54, 1.807) is 6.07 Å². The van der Waals surface area contributed by atoms with Crippen LogP contribution in [0.4, 0.5) is 5.69 Å². The molecule has 0 bridgehead atoms. The summed E-state index contributed by atoms with van der Waals surface area (Å²) >= 11 is 0. The summed E-state index contributed by atoms with van der Waals surface area (Å²) in [6.45, 7) is 2.68. The molecule has 7 heteroatoms. The molecule has 2 N–H and O–H groups in total. The maximum Gasteiger partial charge on any atom is 0.244 e. The van der Waals surface area contributed by atoms with Gasteiger partial charge in [0.1, 0.15) is 0 Å². The van der Waals surface area contributed by atoms with Crippen LogP contribution in [-0.2, 0) is 14.6 Å². The zero-order valence-electron chi connectivity index (χ0n) is 10.9. The van der Waals surface area contributed by atoms with Crippen LogP contribution in [0.5, 0.6) is 0 Å². The first-order valence-corrected chi connectivity index (χ1v) is 7.93. The van der Waals surface area contributed by atoms with Crippen molar-refractivity contribution in [1.82, 2.24) is 10.3 Å². The number of aromatic nitrogens is 1. The fourth-order valence-electron chi connectivity index (χ4n) is 2.03. The van der Waals surface area contributed by atoms with Crippen molar-refractivity contribution in [2.24, 2.45) is 0 Å². The summed E-state index contributed by atoms with van der Waals surface area (Å²) in [5.41, 5.74) is -0.0671. The second kappa shape index (κ2) is 4.90. The van der Waals surface area contributed by atoms with Gasteiger partial charge in [-0.1, -0.05) is 0 Å². The molecule has 1 aromatic rings. The number of nitrogens with zero attached hydrogens (tertiary/aromatic N) is 1. The minimum Gasteiger partial charge on any atom is -0.323 e. The van der Waals surface area contributed by atoms with Gasteiger partial charge in [-0.15, -0.1) is 0 Å². The van der Waals surface area contributed by atoms with Gasteiger partial charge in [0.15, 0.2) is 14.9 Å². The van der Waals surface area contributed by atoms with Crippen molar-refractivity contribution in [3.05, 3.63) is 18.3 Å². The molecule has 0 aromatic carbocycles. The largest absolute Gasteiger partial charge is 0.323 e. The highest BCUT2D eigenvalue weighted by Crippen LogP contribution is 2.20. The van der Waals surface area contributed by atoms with Crippen LogP contribution in [0.2, 0.25) is 0 Å². The number of pyridine rings is 1. The molecule has 0 radical (unpaired) electrons. The monoisotopic (exact) mass is 283 g/mol. The normalized spacial score (nSPS) is 23.3. The SMILES string of the molecule is CC1(C(=O)Nc2ccc(S(C)(=O)=O)nc2)CCCN1. The molecule has 1 amide bonds. The fourth-order valence-corrected chi connectivity index (χ4v) is 2.59. The maximum absolute atomic E-state index is 12.1. The zero-order chi connectivity index (χ0) is 14.1. The molecule has 1 saturated heterocycles. The Kier molecular flexibility index (Phi) is 3.60. The van der Waals surface area contributed by atoms with E-state index in [4.69, 9.17) is 0 Å². The Balaban J connectivity index is 2.10. The Hall–Kier alpha value is -1.47. The quantitative estimate of drug-likeness (QED) is 0.846. The molecule has 0 spiro atoms. The van der Waals surface area contributed by atoms with Gasteiger partial charge in [-0.2, -0.15) is 0 Å². The molecule has 19 heavy (non-hydrogen) atoms. The average Bonchev–Trinajstić information content (AvgIpc) is 2.77. The van der Waals surface area contributed by atoms with E-state index in [0.29, 0.717) is 5.69 Å². The first-order valence-electron chi connectivity index (χ1n) is 6.04. The first kappa shape index (κ1) is 14.0. The van der Waals surface area contributed by atoms with Gasteiger partial charge in [0.2, 0.25) is 5.91 Å². The van der Waals surface area contributed by atoms with Gasteiger partial charge in [0.25, 0.3) is 0 Å². The molecule has 2 rings (SSSR count). The number of hydrogen-bond donors (Lipinski definition) is 2. The predicted octanol–water partition coefficient (Wildman–Crippen LogP) is 0.566. The molecule has 1 fully saturated rings. The highest BCUT2D eigenvalue weighted by molar-refractivity contribution is 7.90. The van der Waals surface area contributed by atoms with Crippen molar-refractivity contribution in [2.45, 2.75) is 30.3 Å². The van der Waals surface area contributed by atoms with Gasteiger partial charge in [0, 0.05) is 6.26 Å². The van der Waals surface area contributed by atoms with Gasteiger partial charge < -0.3 is 10.6 Å². The third kappa shape index (κ3) is 3.10. The molecule has 1 atom stereocenters. The lowest BCUT2D eigenvalue weighted by atomic mass is 9.99. The number of carbonyl (C=O) groups is 1. The van der Waals surface area contributed by atoms with Crippen molar-refractivity contribution >= 4 is 21.4 Å². The molecule has 0 aliphatic carbocycles. The Labute approximate surface area is 112 Å². The van der Waals surface area contributed by atoms with E-state index in [0.717, 1.165) is 25.6 Å². The van der Waals surface area contributed by atoms with Crippen molar-refractivity contribution in [3.8, 4) is 0 Å². The Morgan fingerprint density at radius 1 is 1.47 bits per heavy atom. The second-order valence-electron chi connectivity index (χ2n) is 4.97. The second-order valence-corrected chi connectivity index (χ2v) is 6.94. The average molecular weight is 283 g/mol. The molecular weight excluding hydrogens is 266 g/mol. The number of carbonyl (C=O) groups excluding carboxylic acids is 1. The lowest BCUT2D eigenvalue weighted by Crippen LogP contribution is -2.47. The van der Waals surface area contributed by atoms with Gasteiger partial charge >= 0.3 is 0 Å². The number of sulfone groups is 1. The molecular formula is C12H17N3O3S. The number of nitrogens with one attached hydrogen (secondary N) is 2. The summed E-state index contributed by atoms with van der Waals surface area (Å²) in [6.07, 6.45) is 4.20. The van der Waals surface area contributed by atoms with Crippen LogP contribution in [0.25, 0.3) is 0 Å². The maximum atomic E-state index is 12.1. The van der Waals surface area contributed by atoms with E-state index in [2.05, 4.69) is 15.6 Å². The molecule has 1 aliphatic rings. The van der Waals surface area contributed by atoms with Crippen LogP contribution >= 0.6 is 0 Å². The molecule has 0 saturated carbocycles. The minimum atomic E-state index is -3.31. The molecule has 1 aromatic heterocycles. The third-order valence-corrected chi connectivity index (χ3v) is 4.25. The third-order valence-electron chi connectivity index (χ3n) is 3.24. The van der Waals surface area contributed by atoms with Crippen LogP contribution < -0.4 is 10.6 Å². The van der Waals surface area contributed by atoms with Crippen LogP contribution in [0.3, 0.4) is 0 Å². The topological polar surface area (TPSA) is 88.2 Å². The lowest BCUT2D eigenvalue weighted by Gasteiger charge is -2.22. The highest BCUT2D eigenvalue weighted by atomic mass is 32.2. The molecule has 1 aliphatic heterocycles. The highest BCUT2D eigenvalue weighted by Gasteiger charge is 2.35. The van der Waals surface area contributed by atoms with E-state index >= 15 is 0 Å². The number of rotatable bonds is 3. The van der Waals surface area contributed by atoms with Crippen LogP contribution in [-0.4, -0.2) is 37.6 Å². The van der Waals surface area contributed by atoms with Gasteiger partial charge in [-0.3, -0.25) is 4.79 Å². The number of hydrogen-bond acceptors (Lipinski definition) is 5. The Morgan fingerprint density at radius 3 is 2.68 bits per heavy atom. The van der Waals surface area contributed by atoms with E-state index in [1.807, 2.05) is 6.92 Å². The summed E-state index contributed by atoms with van der Waals surface area (Å²) in [5, 5.41) is 5.90. The van der Waals surface area contributed by atoms with E-state index in [1.165, 1.54) is 12.3 Å². The van der Waals surface area contributed by atoms with Crippen molar-refractivity contribution in [3.63, 3.8) is 0 Å². The lowest BCUT2D eigenvalue weighted by molar-refractivity contribution is -0.121. The molecule has 2 heterocycles. The standard InChI is InChI=1S/C12H17N3O3S/c1-12(6-3-7-14-12)11(16)15-9-4-5-10(13-8-9)19(2,17)18/h4-5,8,14H,3,6-7H2,1-2H3,(H,15,16). The van der Waals surface area contributed by atoms with Gasteiger partial charge in [0.05, 0.1) is 17.4 Å². The van der Waals surface area contributed by atoms with Gasteiger partial charge in [-0.05, 0) is 38.4 Å². The zero-order valence-corrected chi connectivity index (χ0v) is 11.8. The minimum absolute atomic E-state index is 0.00398. The summed E-state index contributed by atoms with van der Waals surface area (Å²) in [5.74, 6) is -0.126. The van der Waals surface area contributed by atoms with E-state index in [9.17, 15) is 13.2 Å². The van der Waals surface area contributed by atoms with Crippen molar-refractivity contribution in [1.29, 1.82) is 0 Å².